The lowest BCUT2D eigenvalue weighted by Crippen LogP contribution is -2.35. The minimum Gasteiger partial charge on any atom is -0.309 e. The molecule has 2 N–H and O–H groups in total. The standard InChI is InChI=1S/C12H16BrN3O/c1-12(2)6-8(14-7-12)11(17)16-10-5-3-4-9(13)15-10/h3-5,8,14H,6-7H2,1-2H3,(H,15,16,17). The Balaban J connectivity index is 1.98. The Morgan fingerprint density at radius 3 is 2.94 bits per heavy atom. The quantitative estimate of drug-likeness (QED) is 0.823. The van der Waals surface area contributed by atoms with E-state index in [0.29, 0.717) is 5.82 Å². The molecule has 0 radical (unpaired) electrons. The third kappa shape index (κ3) is 3.26. The highest BCUT2D eigenvalue weighted by atomic mass is 79.9. The highest BCUT2D eigenvalue weighted by Crippen LogP contribution is 2.27. The summed E-state index contributed by atoms with van der Waals surface area (Å²) >= 11 is 3.28. The van der Waals surface area contributed by atoms with Crippen LogP contribution in [0, 0.1) is 5.41 Å². The lowest BCUT2D eigenvalue weighted by atomic mass is 9.90. The Labute approximate surface area is 109 Å². The van der Waals surface area contributed by atoms with Gasteiger partial charge < -0.3 is 10.6 Å². The minimum atomic E-state index is -0.120. The molecule has 0 saturated carbocycles. The molecule has 1 fully saturated rings. The summed E-state index contributed by atoms with van der Waals surface area (Å²) in [6, 6.07) is 5.33. The number of halogens is 1. The molecule has 1 aliphatic heterocycles. The molecule has 1 saturated heterocycles. The first-order chi connectivity index (χ1) is 7.96. The molecule has 1 unspecified atom stereocenters. The molecule has 0 aliphatic carbocycles. The smallest absolute Gasteiger partial charge is 0.242 e. The zero-order valence-corrected chi connectivity index (χ0v) is 11.5. The van der Waals surface area contributed by atoms with Crippen LogP contribution in [0.4, 0.5) is 5.82 Å². The van der Waals surface area contributed by atoms with Crippen molar-refractivity contribution in [2.24, 2.45) is 5.41 Å². The Kier molecular flexibility index (Phi) is 3.49. The van der Waals surface area contributed by atoms with Crippen LogP contribution < -0.4 is 10.6 Å². The van der Waals surface area contributed by atoms with Crippen molar-refractivity contribution in [3.8, 4) is 0 Å². The number of rotatable bonds is 2. The molecule has 2 heterocycles. The summed E-state index contributed by atoms with van der Waals surface area (Å²) in [7, 11) is 0. The third-order valence-corrected chi connectivity index (χ3v) is 3.31. The molecule has 92 valence electrons. The zero-order valence-electron chi connectivity index (χ0n) is 9.96. The fourth-order valence-electron chi connectivity index (χ4n) is 1.97. The van der Waals surface area contributed by atoms with E-state index in [0.717, 1.165) is 17.6 Å². The number of pyridine rings is 1. The Hall–Kier alpha value is -0.940. The Morgan fingerprint density at radius 1 is 1.59 bits per heavy atom. The second kappa shape index (κ2) is 4.74. The highest BCUT2D eigenvalue weighted by Gasteiger charge is 2.34. The summed E-state index contributed by atoms with van der Waals surface area (Å²) in [6.07, 6.45) is 0.854. The van der Waals surface area contributed by atoms with Crippen molar-refractivity contribution in [2.45, 2.75) is 26.3 Å². The van der Waals surface area contributed by atoms with Crippen LogP contribution in [-0.2, 0) is 4.79 Å². The van der Waals surface area contributed by atoms with Crippen molar-refractivity contribution in [1.29, 1.82) is 0 Å². The molecule has 2 rings (SSSR count). The number of aromatic nitrogens is 1. The van der Waals surface area contributed by atoms with Crippen LogP contribution in [0.3, 0.4) is 0 Å². The third-order valence-electron chi connectivity index (χ3n) is 2.87. The summed E-state index contributed by atoms with van der Waals surface area (Å²) in [5, 5.41) is 6.05. The molecule has 4 nitrogen and oxygen atoms in total. The topological polar surface area (TPSA) is 54.0 Å². The number of anilines is 1. The number of hydrogen-bond acceptors (Lipinski definition) is 3. The van der Waals surface area contributed by atoms with E-state index in [-0.39, 0.29) is 17.4 Å². The van der Waals surface area contributed by atoms with Crippen LogP contribution in [0.25, 0.3) is 0 Å². The van der Waals surface area contributed by atoms with Gasteiger partial charge in [-0.05, 0) is 39.9 Å². The molecule has 1 atom stereocenters. The summed E-state index contributed by atoms with van der Waals surface area (Å²) in [5.74, 6) is 0.567. The summed E-state index contributed by atoms with van der Waals surface area (Å²) in [6.45, 7) is 5.19. The lowest BCUT2D eigenvalue weighted by Gasteiger charge is -2.15. The molecule has 5 heteroatoms. The van der Waals surface area contributed by atoms with Crippen molar-refractivity contribution in [3.05, 3.63) is 22.8 Å². The number of nitrogens with zero attached hydrogens (tertiary/aromatic N) is 1. The number of carbonyl (C=O) groups excluding carboxylic acids is 1. The van der Waals surface area contributed by atoms with Gasteiger partial charge in [0, 0.05) is 6.54 Å². The van der Waals surface area contributed by atoms with Gasteiger partial charge in [-0.3, -0.25) is 4.79 Å². The summed E-state index contributed by atoms with van der Waals surface area (Å²) < 4.78 is 0.718. The van der Waals surface area contributed by atoms with Crippen molar-refractivity contribution in [2.75, 3.05) is 11.9 Å². The van der Waals surface area contributed by atoms with Crippen LogP contribution in [0.1, 0.15) is 20.3 Å². The number of nitrogens with one attached hydrogen (secondary N) is 2. The highest BCUT2D eigenvalue weighted by molar-refractivity contribution is 9.10. The van der Waals surface area contributed by atoms with Gasteiger partial charge in [0.05, 0.1) is 6.04 Å². The molecule has 1 aliphatic rings. The first-order valence-corrected chi connectivity index (χ1v) is 6.42. The van der Waals surface area contributed by atoms with Crippen molar-refractivity contribution < 1.29 is 4.79 Å². The molecule has 1 aromatic rings. The first-order valence-electron chi connectivity index (χ1n) is 5.63. The molecule has 1 amide bonds. The maximum absolute atomic E-state index is 12.0. The van der Waals surface area contributed by atoms with Crippen LogP contribution in [-0.4, -0.2) is 23.5 Å². The van der Waals surface area contributed by atoms with E-state index < -0.39 is 0 Å². The molecular formula is C12H16BrN3O. The van der Waals surface area contributed by atoms with Gasteiger partial charge in [0.2, 0.25) is 5.91 Å². The predicted molar refractivity (Wildman–Crippen MR) is 70.8 cm³/mol. The normalized spacial score (nSPS) is 22.4. The van der Waals surface area contributed by atoms with E-state index in [1.54, 1.807) is 6.07 Å². The summed E-state index contributed by atoms with van der Waals surface area (Å²) in [4.78, 5) is 16.2. The molecule has 0 spiro atoms. The van der Waals surface area contributed by atoms with E-state index in [1.165, 1.54) is 0 Å². The van der Waals surface area contributed by atoms with Gasteiger partial charge in [0.25, 0.3) is 0 Å². The average molecular weight is 298 g/mol. The monoisotopic (exact) mass is 297 g/mol. The zero-order chi connectivity index (χ0) is 12.5. The molecule has 0 aromatic carbocycles. The molecular weight excluding hydrogens is 282 g/mol. The fraction of sp³-hybridized carbons (Fsp3) is 0.500. The van der Waals surface area contributed by atoms with E-state index >= 15 is 0 Å². The second-order valence-electron chi connectivity index (χ2n) is 5.14. The van der Waals surface area contributed by atoms with Gasteiger partial charge >= 0.3 is 0 Å². The van der Waals surface area contributed by atoms with Crippen LogP contribution >= 0.6 is 15.9 Å². The average Bonchev–Trinajstić information content (AvgIpc) is 2.59. The number of hydrogen-bond donors (Lipinski definition) is 2. The van der Waals surface area contributed by atoms with Gasteiger partial charge in [-0.25, -0.2) is 4.98 Å². The summed E-state index contributed by atoms with van der Waals surface area (Å²) in [5.41, 5.74) is 0.187. The SMILES string of the molecule is CC1(C)CNC(C(=O)Nc2cccc(Br)n2)C1. The number of amides is 1. The van der Waals surface area contributed by atoms with Crippen molar-refractivity contribution in [1.82, 2.24) is 10.3 Å². The fourth-order valence-corrected chi connectivity index (χ4v) is 2.32. The minimum absolute atomic E-state index is 0.0128. The van der Waals surface area contributed by atoms with E-state index in [4.69, 9.17) is 0 Å². The van der Waals surface area contributed by atoms with E-state index in [2.05, 4.69) is 45.4 Å². The number of carbonyl (C=O) groups is 1. The lowest BCUT2D eigenvalue weighted by molar-refractivity contribution is -0.117. The Bertz CT molecular complexity index is 434. The second-order valence-corrected chi connectivity index (χ2v) is 5.95. The van der Waals surface area contributed by atoms with Gasteiger partial charge in [-0.1, -0.05) is 19.9 Å². The van der Waals surface area contributed by atoms with Gasteiger partial charge in [0.1, 0.15) is 10.4 Å². The van der Waals surface area contributed by atoms with E-state index in [1.807, 2.05) is 12.1 Å². The maximum atomic E-state index is 12.0. The van der Waals surface area contributed by atoms with Gasteiger partial charge in [-0.2, -0.15) is 0 Å². The van der Waals surface area contributed by atoms with Crippen molar-refractivity contribution in [3.63, 3.8) is 0 Å². The van der Waals surface area contributed by atoms with Crippen molar-refractivity contribution >= 4 is 27.7 Å². The van der Waals surface area contributed by atoms with Crippen LogP contribution in [0.5, 0.6) is 0 Å². The van der Waals surface area contributed by atoms with Gasteiger partial charge in [0.15, 0.2) is 0 Å². The van der Waals surface area contributed by atoms with E-state index in [9.17, 15) is 4.79 Å². The van der Waals surface area contributed by atoms with Crippen LogP contribution in [0.2, 0.25) is 0 Å². The largest absolute Gasteiger partial charge is 0.309 e. The van der Waals surface area contributed by atoms with Gasteiger partial charge in [-0.15, -0.1) is 0 Å². The molecule has 1 aromatic heterocycles. The Morgan fingerprint density at radius 2 is 2.35 bits per heavy atom. The first kappa shape index (κ1) is 12.5. The molecule has 17 heavy (non-hydrogen) atoms. The van der Waals surface area contributed by atoms with Crippen LogP contribution in [0.15, 0.2) is 22.8 Å². The maximum Gasteiger partial charge on any atom is 0.242 e. The molecule has 0 bridgehead atoms. The predicted octanol–water partition coefficient (Wildman–Crippen LogP) is 2.17.